The summed E-state index contributed by atoms with van der Waals surface area (Å²) in [5.41, 5.74) is 0. The van der Waals surface area contributed by atoms with E-state index < -0.39 is 0 Å². The third kappa shape index (κ3) is 3.09. The number of amides is 1. The monoisotopic (exact) mass is 267 g/mol. The predicted octanol–water partition coefficient (Wildman–Crippen LogP) is -0.0809. The number of carbonyl (C=O) groups excluding carboxylic acids is 1. The highest BCUT2D eigenvalue weighted by atomic mass is 16.5. The van der Waals surface area contributed by atoms with Crippen molar-refractivity contribution in [3.05, 3.63) is 0 Å². The number of ether oxygens (including phenoxy) is 1. The molecule has 19 heavy (non-hydrogen) atoms. The van der Waals surface area contributed by atoms with Gasteiger partial charge in [-0.25, -0.2) is 0 Å². The Hall–Kier alpha value is -0.650. The number of likely N-dealkylation sites (tertiary alicyclic amines) is 1. The SMILES string of the molecule is O=C([C@H]1CCCNC1)N1CCC(N2CCOCC2)C1. The Kier molecular flexibility index (Phi) is 4.35. The lowest BCUT2D eigenvalue weighted by Gasteiger charge is -2.32. The van der Waals surface area contributed by atoms with Gasteiger partial charge in [0.25, 0.3) is 0 Å². The second-order valence-corrected chi connectivity index (χ2v) is 5.92. The molecule has 1 amide bonds. The van der Waals surface area contributed by atoms with Gasteiger partial charge in [-0.3, -0.25) is 9.69 Å². The van der Waals surface area contributed by atoms with Gasteiger partial charge in [-0.2, -0.15) is 0 Å². The van der Waals surface area contributed by atoms with Gasteiger partial charge in [-0.15, -0.1) is 0 Å². The molecule has 0 aromatic rings. The molecule has 3 aliphatic heterocycles. The van der Waals surface area contributed by atoms with Crippen molar-refractivity contribution in [1.82, 2.24) is 15.1 Å². The molecule has 0 aliphatic carbocycles. The molecule has 0 saturated carbocycles. The molecule has 1 N–H and O–H groups in total. The molecule has 0 bridgehead atoms. The van der Waals surface area contributed by atoms with E-state index in [4.69, 9.17) is 4.74 Å². The summed E-state index contributed by atoms with van der Waals surface area (Å²) in [7, 11) is 0. The van der Waals surface area contributed by atoms with Gasteiger partial charge >= 0.3 is 0 Å². The summed E-state index contributed by atoms with van der Waals surface area (Å²) in [5, 5.41) is 3.34. The van der Waals surface area contributed by atoms with E-state index in [1.165, 1.54) is 0 Å². The number of hydrogen-bond donors (Lipinski definition) is 1. The second kappa shape index (κ2) is 6.20. The Balaban J connectivity index is 1.51. The average molecular weight is 267 g/mol. The number of piperidine rings is 1. The van der Waals surface area contributed by atoms with Crippen LogP contribution in [0.3, 0.4) is 0 Å². The Morgan fingerprint density at radius 3 is 2.74 bits per heavy atom. The Morgan fingerprint density at radius 2 is 2.00 bits per heavy atom. The number of carbonyl (C=O) groups is 1. The first-order valence-corrected chi connectivity index (χ1v) is 7.66. The van der Waals surface area contributed by atoms with Crippen LogP contribution in [0.15, 0.2) is 0 Å². The van der Waals surface area contributed by atoms with E-state index in [-0.39, 0.29) is 5.92 Å². The van der Waals surface area contributed by atoms with Gasteiger partial charge in [0.1, 0.15) is 0 Å². The lowest BCUT2D eigenvalue weighted by molar-refractivity contribution is -0.135. The van der Waals surface area contributed by atoms with Crippen molar-refractivity contribution in [2.24, 2.45) is 5.92 Å². The molecule has 5 heteroatoms. The van der Waals surface area contributed by atoms with E-state index in [9.17, 15) is 4.79 Å². The lowest BCUT2D eigenvalue weighted by atomic mass is 9.98. The van der Waals surface area contributed by atoms with Crippen molar-refractivity contribution in [3.63, 3.8) is 0 Å². The van der Waals surface area contributed by atoms with Crippen LogP contribution in [0.25, 0.3) is 0 Å². The molecule has 2 atom stereocenters. The molecule has 3 rings (SSSR count). The third-order valence-electron chi connectivity index (χ3n) is 4.68. The predicted molar refractivity (Wildman–Crippen MR) is 73.0 cm³/mol. The van der Waals surface area contributed by atoms with Crippen LogP contribution >= 0.6 is 0 Å². The maximum atomic E-state index is 12.5. The molecule has 0 spiro atoms. The van der Waals surface area contributed by atoms with E-state index in [1.807, 2.05) is 0 Å². The van der Waals surface area contributed by atoms with Crippen molar-refractivity contribution in [2.45, 2.75) is 25.3 Å². The van der Waals surface area contributed by atoms with E-state index in [0.29, 0.717) is 11.9 Å². The molecule has 108 valence electrons. The van der Waals surface area contributed by atoms with Crippen LogP contribution in [-0.4, -0.2) is 74.2 Å². The number of morpholine rings is 1. The molecule has 0 radical (unpaired) electrons. The van der Waals surface area contributed by atoms with Gasteiger partial charge in [-0.05, 0) is 25.8 Å². The first-order chi connectivity index (χ1) is 9.34. The summed E-state index contributed by atoms with van der Waals surface area (Å²) in [6, 6.07) is 0.560. The second-order valence-electron chi connectivity index (χ2n) is 5.92. The normalized spacial score (nSPS) is 33.6. The zero-order valence-corrected chi connectivity index (χ0v) is 11.6. The molecule has 1 unspecified atom stereocenters. The van der Waals surface area contributed by atoms with Crippen LogP contribution in [0.2, 0.25) is 0 Å². The molecular weight excluding hydrogens is 242 g/mol. The minimum Gasteiger partial charge on any atom is -0.379 e. The first kappa shape index (κ1) is 13.3. The summed E-state index contributed by atoms with van der Waals surface area (Å²) in [6.45, 7) is 7.55. The first-order valence-electron chi connectivity index (χ1n) is 7.66. The smallest absolute Gasteiger partial charge is 0.227 e. The van der Waals surface area contributed by atoms with E-state index in [0.717, 1.165) is 71.7 Å². The third-order valence-corrected chi connectivity index (χ3v) is 4.68. The highest BCUT2D eigenvalue weighted by Gasteiger charge is 2.34. The van der Waals surface area contributed by atoms with Crippen LogP contribution in [0.1, 0.15) is 19.3 Å². The van der Waals surface area contributed by atoms with Crippen molar-refractivity contribution < 1.29 is 9.53 Å². The summed E-state index contributed by atoms with van der Waals surface area (Å²) < 4.78 is 5.40. The molecule has 3 heterocycles. The van der Waals surface area contributed by atoms with Crippen molar-refractivity contribution in [3.8, 4) is 0 Å². The fourth-order valence-corrected chi connectivity index (χ4v) is 3.50. The summed E-state index contributed by atoms with van der Waals surface area (Å²) in [5.74, 6) is 0.597. The maximum absolute atomic E-state index is 12.5. The summed E-state index contributed by atoms with van der Waals surface area (Å²) in [4.78, 5) is 17.1. The molecule has 0 aromatic heterocycles. The van der Waals surface area contributed by atoms with Gasteiger partial charge in [-0.1, -0.05) is 0 Å². The zero-order valence-electron chi connectivity index (χ0n) is 11.6. The Bertz CT molecular complexity index is 312. The summed E-state index contributed by atoms with van der Waals surface area (Å²) >= 11 is 0. The van der Waals surface area contributed by atoms with Crippen LogP contribution in [0.4, 0.5) is 0 Å². The topological polar surface area (TPSA) is 44.8 Å². The molecule has 3 saturated heterocycles. The average Bonchev–Trinajstić information content (AvgIpc) is 2.98. The highest BCUT2D eigenvalue weighted by Crippen LogP contribution is 2.21. The van der Waals surface area contributed by atoms with Crippen molar-refractivity contribution in [1.29, 1.82) is 0 Å². The Morgan fingerprint density at radius 1 is 1.16 bits per heavy atom. The molecule has 0 aromatic carbocycles. The van der Waals surface area contributed by atoms with E-state index >= 15 is 0 Å². The number of nitrogens with one attached hydrogen (secondary N) is 1. The standard InChI is InChI=1S/C14H25N3O2/c18-14(12-2-1-4-15-10-12)17-5-3-13(11-17)16-6-8-19-9-7-16/h12-13,15H,1-11H2/t12-,13?/m0/s1. The van der Waals surface area contributed by atoms with Gasteiger partial charge in [0, 0.05) is 38.8 Å². The van der Waals surface area contributed by atoms with Gasteiger partial charge in [0.15, 0.2) is 0 Å². The van der Waals surface area contributed by atoms with Crippen LogP contribution in [0.5, 0.6) is 0 Å². The van der Waals surface area contributed by atoms with Crippen molar-refractivity contribution >= 4 is 5.91 Å². The zero-order chi connectivity index (χ0) is 13.1. The minimum absolute atomic E-state index is 0.220. The molecule has 5 nitrogen and oxygen atoms in total. The fraction of sp³-hybridized carbons (Fsp3) is 0.929. The fourth-order valence-electron chi connectivity index (χ4n) is 3.50. The lowest BCUT2D eigenvalue weighted by Crippen LogP contribution is -2.46. The van der Waals surface area contributed by atoms with E-state index in [1.54, 1.807) is 0 Å². The van der Waals surface area contributed by atoms with Gasteiger partial charge in [0.05, 0.1) is 19.1 Å². The number of rotatable bonds is 2. The largest absolute Gasteiger partial charge is 0.379 e. The molecular formula is C14H25N3O2. The van der Waals surface area contributed by atoms with E-state index in [2.05, 4.69) is 15.1 Å². The minimum atomic E-state index is 0.220. The van der Waals surface area contributed by atoms with Crippen LogP contribution < -0.4 is 5.32 Å². The quantitative estimate of drug-likeness (QED) is 0.760. The van der Waals surface area contributed by atoms with Crippen molar-refractivity contribution in [2.75, 3.05) is 52.5 Å². The molecule has 3 fully saturated rings. The Labute approximate surface area is 115 Å². The van der Waals surface area contributed by atoms with Gasteiger partial charge < -0.3 is 15.0 Å². The van der Waals surface area contributed by atoms with Gasteiger partial charge in [0.2, 0.25) is 5.91 Å². The number of hydrogen-bond acceptors (Lipinski definition) is 4. The molecule has 3 aliphatic rings. The highest BCUT2D eigenvalue weighted by molar-refractivity contribution is 5.79. The number of nitrogens with zero attached hydrogens (tertiary/aromatic N) is 2. The van der Waals surface area contributed by atoms with Crippen LogP contribution in [-0.2, 0) is 9.53 Å². The van der Waals surface area contributed by atoms with Crippen LogP contribution in [0, 0.1) is 5.92 Å². The summed E-state index contributed by atoms with van der Waals surface area (Å²) in [6.07, 6.45) is 3.33. The maximum Gasteiger partial charge on any atom is 0.227 e.